The number of hydrogen-bond donors (Lipinski definition) is 1. The molecule has 0 amide bonds. The van der Waals surface area contributed by atoms with Gasteiger partial charge in [-0.25, -0.2) is 0 Å². The quantitative estimate of drug-likeness (QED) is 0.865. The standard InChI is InChI=1S/C17H29N3/c1-4-19(5-2)16-10-11-20(13-16)17(12-18)15-8-6-14(3)7-9-15/h6-9,16-17H,4-5,10-13,18H2,1-3H3. The van der Waals surface area contributed by atoms with Crippen LogP contribution in [0, 0.1) is 6.92 Å². The molecule has 0 aromatic heterocycles. The van der Waals surface area contributed by atoms with Crippen LogP contribution in [-0.2, 0) is 0 Å². The summed E-state index contributed by atoms with van der Waals surface area (Å²) in [7, 11) is 0. The predicted octanol–water partition coefficient (Wildman–Crippen LogP) is 2.41. The first-order chi connectivity index (χ1) is 9.69. The van der Waals surface area contributed by atoms with E-state index in [1.807, 2.05) is 0 Å². The summed E-state index contributed by atoms with van der Waals surface area (Å²) in [6.07, 6.45) is 1.27. The highest BCUT2D eigenvalue weighted by molar-refractivity contribution is 5.24. The molecule has 2 rings (SSSR count). The maximum absolute atomic E-state index is 6.05. The van der Waals surface area contributed by atoms with Crippen molar-refractivity contribution in [2.24, 2.45) is 5.73 Å². The minimum Gasteiger partial charge on any atom is -0.329 e. The monoisotopic (exact) mass is 275 g/mol. The van der Waals surface area contributed by atoms with Gasteiger partial charge in [0, 0.05) is 31.7 Å². The van der Waals surface area contributed by atoms with Crippen LogP contribution in [0.25, 0.3) is 0 Å². The predicted molar refractivity (Wildman–Crippen MR) is 85.9 cm³/mol. The van der Waals surface area contributed by atoms with Crippen LogP contribution >= 0.6 is 0 Å². The van der Waals surface area contributed by atoms with Crippen LogP contribution in [0.4, 0.5) is 0 Å². The van der Waals surface area contributed by atoms with Gasteiger partial charge in [0.1, 0.15) is 0 Å². The molecule has 0 radical (unpaired) electrons. The van der Waals surface area contributed by atoms with Crippen molar-refractivity contribution in [3.63, 3.8) is 0 Å². The summed E-state index contributed by atoms with van der Waals surface area (Å²) in [6, 6.07) is 9.92. The van der Waals surface area contributed by atoms with Crippen LogP contribution in [0.1, 0.15) is 37.4 Å². The van der Waals surface area contributed by atoms with E-state index in [0.717, 1.165) is 26.2 Å². The molecule has 2 N–H and O–H groups in total. The van der Waals surface area contributed by atoms with Gasteiger partial charge in [-0.05, 0) is 32.0 Å². The molecular formula is C17H29N3. The Morgan fingerprint density at radius 2 is 1.90 bits per heavy atom. The lowest BCUT2D eigenvalue weighted by Crippen LogP contribution is -2.39. The van der Waals surface area contributed by atoms with Crippen LogP contribution in [0.2, 0.25) is 0 Å². The molecular weight excluding hydrogens is 246 g/mol. The van der Waals surface area contributed by atoms with E-state index in [9.17, 15) is 0 Å². The van der Waals surface area contributed by atoms with E-state index < -0.39 is 0 Å². The fourth-order valence-corrected chi connectivity index (χ4v) is 3.37. The zero-order chi connectivity index (χ0) is 14.5. The molecule has 1 aliphatic rings. The molecule has 2 atom stereocenters. The Hall–Kier alpha value is -0.900. The van der Waals surface area contributed by atoms with Gasteiger partial charge in [0.05, 0.1) is 0 Å². The van der Waals surface area contributed by atoms with Gasteiger partial charge in [-0.1, -0.05) is 43.7 Å². The third-order valence-corrected chi connectivity index (χ3v) is 4.65. The van der Waals surface area contributed by atoms with Crippen LogP contribution in [0.5, 0.6) is 0 Å². The van der Waals surface area contributed by atoms with E-state index in [2.05, 4.69) is 54.8 Å². The Morgan fingerprint density at radius 3 is 2.45 bits per heavy atom. The summed E-state index contributed by atoms with van der Waals surface area (Å²) in [5.41, 5.74) is 8.73. The van der Waals surface area contributed by atoms with Gasteiger partial charge in [-0.3, -0.25) is 9.80 Å². The summed E-state index contributed by atoms with van der Waals surface area (Å²) in [5.74, 6) is 0. The molecule has 3 heteroatoms. The van der Waals surface area contributed by atoms with E-state index in [1.165, 1.54) is 17.5 Å². The van der Waals surface area contributed by atoms with E-state index in [0.29, 0.717) is 18.6 Å². The lowest BCUT2D eigenvalue weighted by atomic mass is 10.0. The van der Waals surface area contributed by atoms with Crippen molar-refractivity contribution in [2.45, 2.75) is 39.3 Å². The molecule has 1 fully saturated rings. The first kappa shape index (κ1) is 15.5. The number of nitrogens with zero attached hydrogens (tertiary/aromatic N) is 2. The molecule has 2 unspecified atom stereocenters. The second kappa shape index (κ2) is 7.21. The maximum atomic E-state index is 6.05. The molecule has 112 valence electrons. The summed E-state index contributed by atoms with van der Waals surface area (Å²) < 4.78 is 0. The van der Waals surface area contributed by atoms with E-state index in [1.54, 1.807) is 0 Å². The topological polar surface area (TPSA) is 32.5 Å². The number of hydrogen-bond acceptors (Lipinski definition) is 3. The highest BCUT2D eigenvalue weighted by Gasteiger charge is 2.30. The first-order valence-corrected chi connectivity index (χ1v) is 7.94. The number of likely N-dealkylation sites (N-methyl/N-ethyl adjacent to an activating group) is 1. The van der Waals surface area contributed by atoms with Crippen LogP contribution in [0.3, 0.4) is 0 Å². The molecule has 1 aliphatic heterocycles. The maximum Gasteiger partial charge on any atom is 0.0471 e. The summed E-state index contributed by atoms with van der Waals surface area (Å²) >= 11 is 0. The van der Waals surface area contributed by atoms with E-state index in [-0.39, 0.29) is 0 Å². The van der Waals surface area contributed by atoms with Gasteiger partial charge < -0.3 is 5.73 Å². The number of nitrogens with two attached hydrogens (primary N) is 1. The van der Waals surface area contributed by atoms with Crippen molar-refractivity contribution >= 4 is 0 Å². The van der Waals surface area contributed by atoms with Crippen LogP contribution < -0.4 is 5.73 Å². The van der Waals surface area contributed by atoms with Crippen molar-refractivity contribution in [1.82, 2.24) is 9.80 Å². The highest BCUT2D eigenvalue weighted by atomic mass is 15.3. The third-order valence-electron chi connectivity index (χ3n) is 4.65. The summed E-state index contributed by atoms with van der Waals surface area (Å²) in [4.78, 5) is 5.14. The van der Waals surface area contributed by atoms with Crippen molar-refractivity contribution in [1.29, 1.82) is 0 Å². The number of rotatable bonds is 6. The molecule has 0 aliphatic carbocycles. The Bertz CT molecular complexity index is 397. The first-order valence-electron chi connectivity index (χ1n) is 7.94. The van der Waals surface area contributed by atoms with Crippen LogP contribution in [0.15, 0.2) is 24.3 Å². The molecule has 1 saturated heterocycles. The zero-order valence-electron chi connectivity index (χ0n) is 13.2. The number of aryl methyl sites for hydroxylation is 1. The summed E-state index contributed by atoms with van der Waals surface area (Å²) in [5, 5.41) is 0. The van der Waals surface area contributed by atoms with Gasteiger partial charge in [-0.2, -0.15) is 0 Å². The van der Waals surface area contributed by atoms with Gasteiger partial charge in [0.15, 0.2) is 0 Å². The number of benzene rings is 1. The minimum absolute atomic E-state index is 0.371. The van der Waals surface area contributed by atoms with Crippen molar-refractivity contribution < 1.29 is 0 Å². The zero-order valence-corrected chi connectivity index (χ0v) is 13.2. The Labute approximate surface area is 123 Å². The summed E-state index contributed by atoms with van der Waals surface area (Å²) in [6.45, 7) is 12.0. The lowest BCUT2D eigenvalue weighted by molar-refractivity contribution is 0.190. The van der Waals surface area contributed by atoms with Gasteiger partial charge in [0.25, 0.3) is 0 Å². The molecule has 1 aromatic carbocycles. The van der Waals surface area contributed by atoms with Crippen molar-refractivity contribution in [3.05, 3.63) is 35.4 Å². The van der Waals surface area contributed by atoms with Gasteiger partial charge in [-0.15, -0.1) is 0 Å². The Kier molecular flexibility index (Phi) is 5.58. The molecule has 1 heterocycles. The fourth-order valence-electron chi connectivity index (χ4n) is 3.37. The largest absolute Gasteiger partial charge is 0.329 e. The molecule has 20 heavy (non-hydrogen) atoms. The van der Waals surface area contributed by atoms with Crippen molar-refractivity contribution in [2.75, 3.05) is 32.7 Å². The smallest absolute Gasteiger partial charge is 0.0471 e. The van der Waals surface area contributed by atoms with Gasteiger partial charge >= 0.3 is 0 Å². The Balaban J connectivity index is 2.04. The molecule has 0 bridgehead atoms. The fraction of sp³-hybridized carbons (Fsp3) is 0.647. The second-order valence-electron chi connectivity index (χ2n) is 5.82. The second-order valence-corrected chi connectivity index (χ2v) is 5.82. The lowest BCUT2D eigenvalue weighted by Gasteiger charge is -2.30. The van der Waals surface area contributed by atoms with Crippen LogP contribution in [-0.4, -0.2) is 48.6 Å². The SMILES string of the molecule is CCN(CC)C1CCN(C(CN)c2ccc(C)cc2)C1. The van der Waals surface area contributed by atoms with Crippen molar-refractivity contribution in [3.8, 4) is 0 Å². The third kappa shape index (κ3) is 3.40. The molecule has 0 spiro atoms. The molecule has 0 saturated carbocycles. The number of likely N-dealkylation sites (tertiary alicyclic amines) is 1. The van der Waals surface area contributed by atoms with Gasteiger partial charge in [0.2, 0.25) is 0 Å². The van der Waals surface area contributed by atoms with E-state index in [4.69, 9.17) is 5.73 Å². The highest BCUT2D eigenvalue weighted by Crippen LogP contribution is 2.26. The minimum atomic E-state index is 0.371. The normalized spacial score (nSPS) is 21.6. The molecule has 3 nitrogen and oxygen atoms in total. The van der Waals surface area contributed by atoms with E-state index >= 15 is 0 Å². The average Bonchev–Trinajstić information content (AvgIpc) is 2.93. The molecule has 1 aromatic rings. The Morgan fingerprint density at radius 1 is 1.25 bits per heavy atom. The average molecular weight is 275 g/mol.